The van der Waals surface area contributed by atoms with E-state index in [9.17, 15) is 18.4 Å². The Hall–Kier alpha value is -2.96. The number of benzene rings is 2. The molecule has 0 aliphatic carbocycles. The Balaban J connectivity index is 2.01. The molecule has 0 spiro atoms. The smallest absolute Gasteiger partial charge is 0.251 e. The molecule has 2 rings (SSSR count). The van der Waals surface area contributed by atoms with Crippen LogP contribution >= 0.6 is 0 Å². The number of nitrogens with zero attached hydrogens (tertiary/aromatic N) is 1. The molecule has 0 aliphatic heterocycles. The van der Waals surface area contributed by atoms with Gasteiger partial charge in [0.15, 0.2) is 11.6 Å². The summed E-state index contributed by atoms with van der Waals surface area (Å²) < 4.78 is 26.2. The Morgan fingerprint density at radius 3 is 2.52 bits per heavy atom. The molecule has 132 valence electrons. The summed E-state index contributed by atoms with van der Waals surface area (Å²) in [7, 11) is 1.59. The molecule has 2 aromatic carbocycles. The highest BCUT2D eigenvalue weighted by molar-refractivity contribution is 5.98. The molecule has 0 aliphatic rings. The molecule has 2 amide bonds. The fraction of sp³-hybridized carbons (Fsp3) is 0.222. The van der Waals surface area contributed by atoms with Gasteiger partial charge in [-0.1, -0.05) is 6.07 Å². The summed E-state index contributed by atoms with van der Waals surface area (Å²) >= 11 is 0. The number of carbonyl (C=O) groups excluding carboxylic acids is 2. The van der Waals surface area contributed by atoms with Crippen molar-refractivity contribution in [2.24, 2.45) is 0 Å². The van der Waals surface area contributed by atoms with E-state index >= 15 is 0 Å². The topological polar surface area (TPSA) is 61.4 Å². The highest BCUT2D eigenvalue weighted by Gasteiger charge is 2.11. The number of halogens is 2. The zero-order valence-corrected chi connectivity index (χ0v) is 14.0. The molecule has 7 heteroatoms. The van der Waals surface area contributed by atoms with Crippen LogP contribution in [0.25, 0.3) is 0 Å². The maximum absolute atomic E-state index is 13.3. The van der Waals surface area contributed by atoms with Gasteiger partial charge >= 0.3 is 0 Å². The fourth-order valence-corrected chi connectivity index (χ4v) is 2.23. The summed E-state index contributed by atoms with van der Waals surface area (Å²) in [5, 5.41) is 5.36. The zero-order chi connectivity index (χ0) is 18.4. The minimum absolute atomic E-state index is 0.0591. The molecule has 0 saturated carbocycles. The number of amides is 2. The predicted molar refractivity (Wildman–Crippen MR) is 92.7 cm³/mol. The highest BCUT2D eigenvalue weighted by Crippen LogP contribution is 2.17. The number of hydrogen-bond donors (Lipinski definition) is 2. The summed E-state index contributed by atoms with van der Waals surface area (Å²) in [5.41, 5.74) is 1.30. The summed E-state index contributed by atoms with van der Waals surface area (Å²) in [6.07, 6.45) is 0. The minimum Gasteiger partial charge on any atom is -0.365 e. The summed E-state index contributed by atoms with van der Waals surface area (Å²) in [6, 6.07) is 9.97. The second-order valence-electron chi connectivity index (χ2n) is 5.44. The van der Waals surface area contributed by atoms with E-state index in [4.69, 9.17) is 0 Å². The van der Waals surface area contributed by atoms with Crippen molar-refractivity contribution in [3.63, 3.8) is 0 Å². The van der Waals surface area contributed by atoms with Gasteiger partial charge in [-0.3, -0.25) is 9.59 Å². The normalized spacial score (nSPS) is 10.2. The lowest BCUT2D eigenvalue weighted by Crippen LogP contribution is -2.30. The Kier molecular flexibility index (Phi) is 6.05. The first-order valence-corrected chi connectivity index (χ1v) is 7.75. The predicted octanol–water partition coefficient (Wildman–Crippen LogP) is 2.79. The molecule has 0 bridgehead atoms. The standard InChI is InChI=1S/C18H19F2N3O2/c1-3-21-18(25)12-5-4-6-13(9-12)22-17(24)11-23(2)14-7-8-15(19)16(20)10-14/h4-10H,3,11H2,1-2H3,(H,21,25)(H,22,24). The monoisotopic (exact) mass is 347 g/mol. The SMILES string of the molecule is CCNC(=O)c1cccc(NC(=O)CN(C)c2ccc(F)c(F)c2)c1. The van der Waals surface area contributed by atoms with Gasteiger partial charge in [0, 0.05) is 36.6 Å². The fourth-order valence-electron chi connectivity index (χ4n) is 2.23. The first kappa shape index (κ1) is 18.4. The second-order valence-corrected chi connectivity index (χ2v) is 5.44. The first-order valence-electron chi connectivity index (χ1n) is 7.75. The molecule has 2 N–H and O–H groups in total. The molecule has 25 heavy (non-hydrogen) atoms. The molecule has 5 nitrogen and oxygen atoms in total. The van der Waals surface area contributed by atoms with Crippen LogP contribution in [0.5, 0.6) is 0 Å². The van der Waals surface area contributed by atoms with E-state index in [0.717, 1.165) is 12.1 Å². The van der Waals surface area contributed by atoms with E-state index in [1.165, 1.54) is 11.0 Å². The van der Waals surface area contributed by atoms with E-state index in [-0.39, 0.29) is 18.4 Å². The number of rotatable bonds is 6. The van der Waals surface area contributed by atoms with E-state index in [2.05, 4.69) is 10.6 Å². The number of hydrogen-bond acceptors (Lipinski definition) is 3. The van der Waals surface area contributed by atoms with Crippen molar-refractivity contribution in [1.29, 1.82) is 0 Å². The third-order valence-corrected chi connectivity index (χ3v) is 3.47. The Morgan fingerprint density at radius 2 is 1.84 bits per heavy atom. The van der Waals surface area contributed by atoms with Crippen LogP contribution in [0.1, 0.15) is 17.3 Å². The molecule has 0 unspecified atom stereocenters. The summed E-state index contributed by atoms with van der Waals surface area (Å²) in [5.74, 6) is -2.49. The Labute approximate surface area is 144 Å². The van der Waals surface area contributed by atoms with Crippen molar-refractivity contribution in [3.05, 3.63) is 59.7 Å². The van der Waals surface area contributed by atoms with Gasteiger partial charge in [-0.2, -0.15) is 0 Å². The maximum atomic E-state index is 13.3. The van der Waals surface area contributed by atoms with Crippen LogP contribution in [-0.4, -0.2) is 32.0 Å². The van der Waals surface area contributed by atoms with Gasteiger partial charge < -0.3 is 15.5 Å². The van der Waals surface area contributed by atoms with E-state index in [1.807, 2.05) is 6.92 Å². The molecule has 0 saturated heterocycles. The average molecular weight is 347 g/mol. The number of anilines is 2. The van der Waals surface area contributed by atoms with Gasteiger partial charge in [0.1, 0.15) is 0 Å². The van der Waals surface area contributed by atoms with Crippen molar-refractivity contribution in [2.45, 2.75) is 6.92 Å². The lowest BCUT2D eigenvalue weighted by molar-refractivity contribution is -0.114. The lowest BCUT2D eigenvalue weighted by Gasteiger charge is -2.19. The van der Waals surface area contributed by atoms with Crippen LogP contribution in [-0.2, 0) is 4.79 Å². The number of nitrogens with one attached hydrogen (secondary N) is 2. The average Bonchev–Trinajstić information content (AvgIpc) is 2.57. The zero-order valence-electron chi connectivity index (χ0n) is 14.0. The van der Waals surface area contributed by atoms with Gasteiger partial charge in [-0.15, -0.1) is 0 Å². The van der Waals surface area contributed by atoms with Crippen LogP contribution in [0.3, 0.4) is 0 Å². The van der Waals surface area contributed by atoms with E-state index < -0.39 is 11.6 Å². The summed E-state index contributed by atoms with van der Waals surface area (Å²) in [6.45, 7) is 2.27. The van der Waals surface area contributed by atoms with Gasteiger partial charge in [0.2, 0.25) is 5.91 Å². The van der Waals surface area contributed by atoms with Crippen molar-refractivity contribution < 1.29 is 18.4 Å². The second kappa shape index (κ2) is 8.23. The van der Waals surface area contributed by atoms with Crippen molar-refractivity contribution in [1.82, 2.24) is 5.32 Å². The van der Waals surface area contributed by atoms with Crippen LogP contribution in [0, 0.1) is 11.6 Å². The van der Waals surface area contributed by atoms with Gasteiger partial charge in [-0.05, 0) is 37.3 Å². The van der Waals surface area contributed by atoms with Crippen molar-refractivity contribution in [3.8, 4) is 0 Å². The van der Waals surface area contributed by atoms with Crippen molar-refractivity contribution >= 4 is 23.2 Å². The number of carbonyl (C=O) groups is 2. The van der Waals surface area contributed by atoms with Crippen LogP contribution in [0.4, 0.5) is 20.2 Å². The highest BCUT2D eigenvalue weighted by atomic mass is 19.2. The molecule has 0 fully saturated rings. The molecular formula is C18H19F2N3O2. The minimum atomic E-state index is -0.973. The quantitative estimate of drug-likeness (QED) is 0.845. The Morgan fingerprint density at radius 1 is 1.08 bits per heavy atom. The van der Waals surface area contributed by atoms with Crippen LogP contribution < -0.4 is 15.5 Å². The van der Waals surface area contributed by atoms with E-state index in [0.29, 0.717) is 23.5 Å². The van der Waals surface area contributed by atoms with Gasteiger partial charge in [0.25, 0.3) is 5.91 Å². The molecule has 2 aromatic rings. The third kappa shape index (κ3) is 5.00. The van der Waals surface area contributed by atoms with Crippen LogP contribution in [0.15, 0.2) is 42.5 Å². The third-order valence-electron chi connectivity index (χ3n) is 3.47. The number of likely N-dealkylation sites (N-methyl/N-ethyl adjacent to an activating group) is 1. The van der Waals surface area contributed by atoms with E-state index in [1.54, 1.807) is 31.3 Å². The summed E-state index contributed by atoms with van der Waals surface area (Å²) in [4.78, 5) is 25.4. The molecule has 0 heterocycles. The lowest BCUT2D eigenvalue weighted by atomic mass is 10.2. The van der Waals surface area contributed by atoms with Crippen LogP contribution in [0.2, 0.25) is 0 Å². The molecule has 0 radical (unpaired) electrons. The van der Waals surface area contributed by atoms with Gasteiger partial charge in [-0.25, -0.2) is 8.78 Å². The maximum Gasteiger partial charge on any atom is 0.251 e. The molecule has 0 atom stereocenters. The molecule has 0 aromatic heterocycles. The molecular weight excluding hydrogens is 328 g/mol. The Bertz CT molecular complexity index is 781. The van der Waals surface area contributed by atoms with Crippen molar-refractivity contribution in [2.75, 3.05) is 30.4 Å². The van der Waals surface area contributed by atoms with Gasteiger partial charge in [0.05, 0.1) is 6.54 Å². The largest absolute Gasteiger partial charge is 0.365 e. The first-order chi connectivity index (χ1) is 11.9.